The highest BCUT2D eigenvalue weighted by Crippen LogP contribution is 2.21. The highest BCUT2D eigenvalue weighted by molar-refractivity contribution is 5.74. The van der Waals surface area contributed by atoms with E-state index in [9.17, 15) is 14.7 Å². The molecule has 0 aliphatic heterocycles. The lowest BCUT2D eigenvalue weighted by molar-refractivity contribution is 0.0936. The second-order valence-electron chi connectivity index (χ2n) is 8.32. The van der Waals surface area contributed by atoms with Gasteiger partial charge in [0.05, 0.1) is 6.54 Å². The van der Waals surface area contributed by atoms with E-state index in [1.54, 1.807) is 11.6 Å². The number of benzene rings is 2. The van der Waals surface area contributed by atoms with Gasteiger partial charge >= 0.3 is 5.69 Å². The molecule has 2 heterocycles. The topological polar surface area (TPSA) is 105 Å². The van der Waals surface area contributed by atoms with Crippen molar-refractivity contribution in [3.05, 3.63) is 86.6 Å². The maximum absolute atomic E-state index is 12.7. The van der Waals surface area contributed by atoms with Gasteiger partial charge in [0.1, 0.15) is 18.5 Å². The van der Waals surface area contributed by atoms with E-state index in [1.165, 1.54) is 4.57 Å². The lowest BCUT2D eigenvalue weighted by atomic mass is 10.2. The molecule has 2 aromatic carbocycles. The van der Waals surface area contributed by atoms with Gasteiger partial charge in [-0.2, -0.15) is 4.98 Å². The Bertz CT molecular complexity index is 1390. The smallest absolute Gasteiger partial charge is 0.329 e. The first-order valence-electron chi connectivity index (χ1n) is 11.2. The number of aromatic nitrogens is 4. The van der Waals surface area contributed by atoms with Crippen LogP contribution in [0, 0.1) is 0 Å². The van der Waals surface area contributed by atoms with Crippen LogP contribution in [-0.4, -0.2) is 44.0 Å². The molecule has 4 rings (SSSR count). The third kappa shape index (κ3) is 4.89. The molecule has 9 nitrogen and oxygen atoms in total. The lowest BCUT2D eigenvalue weighted by Crippen LogP contribution is -2.31. The van der Waals surface area contributed by atoms with Crippen LogP contribution in [-0.2, 0) is 26.6 Å². The quantitative estimate of drug-likeness (QED) is 0.394. The Labute approximate surface area is 196 Å². The summed E-state index contributed by atoms with van der Waals surface area (Å²) in [6.07, 6.45) is -0.0254. The van der Waals surface area contributed by atoms with Gasteiger partial charge in [0.25, 0.3) is 5.56 Å². The molecule has 0 aliphatic carbocycles. The van der Waals surface area contributed by atoms with Crippen LogP contribution in [0.5, 0.6) is 5.75 Å². The van der Waals surface area contributed by atoms with Crippen LogP contribution in [0.15, 0.2) is 64.2 Å². The van der Waals surface area contributed by atoms with E-state index in [1.807, 2.05) is 66.5 Å². The molecular formula is C25H29N5O4. The number of aryl methyl sites for hydroxylation is 2. The molecule has 0 amide bonds. The number of rotatable bonds is 9. The molecule has 2 N–H and O–H groups in total. The van der Waals surface area contributed by atoms with Crippen molar-refractivity contribution in [2.45, 2.75) is 32.5 Å². The standard InChI is InChI=1S/C25H29N5O4/c1-4-17-11-8-12-20(13-17)34-16-19(31)15-30-21-22(29(3)25(33)27-23(21)32)26-24(30)28(2)14-18-9-6-5-7-10-18/h5-13,19,31H,4,14-16H2,1-3H3,(H,27,32,33)/t19-/m0/s1. The largest absolute Gasteiger partial charge is 0.491 e. The number of imidazole rings is 1. The first-order valence-corrected chi connectivity index (χ1v) is 11.2. The maximum Gasteiger partial charge on any atom is 0.329 e. The van der Waals surface area contributed by atoms with Crippen molar-refractivity contribution in [1.82, 2.24) is 19.1 Å². The van der Waals surface area contributed by atoms with Crippen molar-refractivity contribution < 1.29 is 9.84 Å². The van der Waals surface area contributed by atoms with Crippen LogP contribution in [0.3, 0.4) is 0 Å². The van der Waals surface area contributed by atoms with Crippen molar-refractivity contribution in [2.24, 2.45) is 7.05 Å². The molecule has 0 unspecified atom stereocenters. The van der Waals surface area contributed by atoms with Gasteiger partial charge in [-0.05, 0) is 29.7 Å². The van der Waals surface area contributed by atoms with Gasteiger partial charge in [-0.15, -0.1) is 0 Å². The average Bonchev–Trinajstić information content (AvgIpc) is 3.22. The summed E-state index contributed by atoms with van der Waals surface area (Å²) in [6.45, 7) is 2.71. The fourth-order valence-electron chi connectivity index (χ4n) is 3.93. The van der Waals surface area contributed by atoms with Crippen LogP contribution in [0.1, 0.15) is 18.1 Å². The fraction of sp³-hybridized carbons (Fsp3) is 0.320. The Morgan fingerprint density at radius 1 is 1.12 bits per heavy atom. The van der Waals surface area contributed by atoms with Gasteiger partial charge in [0.2, 0.25) is 5.95 Å². The Hall–Kier alpha value is -3.85. The summed E-state index contributed by atoms with van der Waals surface area (Å²) in [5.74, 6) is 1.15. The molecule has 4 aromatic rings. The third-order valence-corrected chi connectivity index (χ3v) is 5.73. The predicted molar refractivity (Wildman–Crippen MR) is 131 cm³/mol. The van der Waals surface area contributed by atoms with Gasteiger partial charge < -0.3 is 19.3 Å². The van der Waals surface area contributed by atoms with E-state index in [-0.39, 0.29) is 24.3 Å². The third-order valence-electron chi connectivity index (χ3n) is 5.73. The molecule has 34 heavy (non-hydrogen) atoms. The highest BCUT2D eigenvalue weighted by Gasteiger charge is 2.22. The summed E-state index contributed by atoms with van der Waals surface area (Å²) >= 11 is 0. The van der Waals surface area contributed by atoms with E-state index >= 15 is 0 Å². The number of nitrogens with zero attached hydrogens (tertiary/aromatic N) is 4. The van der Waals surface area contributed by atoms with E-state index in [0.29, 0.717) is 18.2 Å². The van der Waals surface area contributed by atoms with Crippen LogP contribution in [0.2, 0.25) is 0 Å². The first kappa shape index (κ1) is 23.3. The van der Waals surface area contributed by atoms with E-state index in [0.717, 1.165) is 17.5 Å². The number of hydrogen-bond donors (Lipinski definition) is 2. The average molecular weight is 464 g/mol. The van der Waals surface area contributed by atoms with Crippen LogP contribution < -0.4 is 20.9 Å². The molecule has 9 heteroatoms. The highest BCUT2D eigenvalue weighted by atomic mass is 16.5. The molecular weight excluding hydrogens is 434 g/mol. The number of ether oxygens (including phenoxy) is 1. The second-order valence-corrected chi connectivity index (χ2v) is 8.32. The Morgan fingerprint density at radius 2 is 1.85 bits per heavy atom. The molecule has 0 fully saturated rings. The predicted octanol–water partition coefficient (Wildman–Crippen LogP) is 2.06. The molecule has 0 radical (unpaired) electrons. The number of hydrogen-bond acceptors (Lipinski definition) is 6. The van der Waals surface area contributed by atoms with Gasteiger partial charge in [-0.3, -0.25) is 14.3 Å². The van der Waals surface area contributed by atoms with Crippen LogP contribution in [0.4, 0.5) is 5.95 Å². The van der Waals surface area contributed by atoms with Crippen molar-refractivity contribution in [3.8, 4) is 5.75 Å². The number of aliphatic hydroxyl groups is 1. The Morgan fingerprint density at radius 3 is 2.59 bits per heavy atom. The normalized spacial score (nSPS) is 12.1. The van der Waals surface area contributed by atoms with Gasteiger partial charge in [0.15, 0.2) is 11.2 Å². The molecule has 0 bridgehead atoms. The number of nitrogens with one attached hydrogen (secondary N) is 1. The van der Waals surface area contributed by atoms with Crippen molar-refractivity contribution >= 4 is 17.1 Å². The summed E-state index contributed by atoms with van der Waals surface area (Å²) in [5, 5.41) is 10.8. The first-order chi connectivity index (χ1) is 16.4. The molecule has 0 spiro atoms. The lowest BCUT2D eigenvalue weighted by Gasteiger charge is -2.21. The fourth-order valence-corrected chi connectivity index (χ4v) is 3.93. The van der Waals surface area contributed by atoms with Crippen molar-refractivity contribution in [1.29, 1.82) is 0 Å². The SMILES string of the molecule is CCc1cccc(OC[C@@H](O)Cn2c(N(C)Cc3ccccc3)nc3c2c(=O)[nH]c(=O)n3C)c1. The summed E-state index contributed by atoms with van der Waals surface area (Å²) in [4.78, 5) is 33.7. The minimum Gasteiger partial charge on any atom is -0.491 e. The van der Waals surface area contributed by atoms with Crippen LogP contribution in [0.25, 0.3) is 11.2 Å². The molecule has 0 saturated carbocycles. The number of aliphatic hydroxyl groups excluding tert-OH is 1. The van der Waals surface area contributed by atoms with Crippen molar-refractivity contribution in [3.63, 3.8) is 0 Å². The number of H-pyrrole nitrogens is 1. The molecule has 1 atom stereocenters. The molecule has 0 saturated heterocycles. The van der Waals surface area contributed by atoms with Gasteiger partial charge in [-0.1, -0.05) is 49.4 Å². The van der Waals surface area contributed by atoms with Crippen molar-refractivity contribution in [2.75, 3.05) is 18.6 Å². The summed E-state index contributed by atoms with van der Waals surface area (Å²) < 4.78 is 8.75. The summed E-state index contributed by atoms with van der Waals surface area (Å²) in [5.41, 5.74) is 1.60. The van der Waals surface area contributed by atoms with Gasteiger partial charge in [-0.25, -0.2) is 4.79 Å². The molecule has 2 aromatic heterocycles. The van der Waals surface area contributed by atoms with Crippen LogP contribution >= 0.6 is 0 Å². The minimum absolute atomic E-state index is 0.0400. The minimum atomic E-state index is -0.914. The monoisotopic (exact) mass is 463 g/mol. The van der Waals surface area contributed by atoms with E-state index in [4.69, 9.17) is 4.74 Å². The Kier molecular flexibility index (Phi) is 6.83. The number of fused-ring (bicyclic) bond motifs is 1. The van der Waals surface area contributed by atoms with E-state index < -0.39 is 17.4 Å². The Balaban J connectivity index is 1.65. The zero-order valence-electron chi connectivity index (χ0n) is 19.6. The second kappa shape index (κ2) is 9.96. The summed E-state index contributed by atoms with van der Waals surface area (Å²) in [6, 6.07) is 17.6. The number of aromatic amines is 1. The zero-order chi connectivity index (χ0) is 24.2. The summed E-state index contributed by atoms with van der Waals surface area (Å²) in [7, 11) is 3.41. The zero-order valence-corrected chi connectivity index (χ0v) is 19.6. The molecule has 0 aliphatic rings. The van der Waals surface area contributed by atoms with Gasteiger partial charge in [0, 0.05) is 20.6 Å². The van der Waals surface area contributed by atoms with E-state index in [2.05, 4.69) is 16.9 Å². The number of anilines is 1. The molecule has 178 valence electrons. The maximum atomic E-state index is 12.7.